The molecule has 1 heteroatoms. The van der Waals surface area contributed by atoms with Gasteiger partial charge in [-0.25, -0.2) is 4.98 Å². The summed E-state index contributed by atoms with van der Waals surface area (Å²) < 4.78 is 0. The zero-order chi connectivity index (χ0) is 13.4. The number of pyridine rings is 1. The van der Waals surface area contributed by atoms with E-state index in [0.29, 0.717) is 0 Å². The first-order valence-electron chi connectivity index (χ1n) is 7.07. The Labute approximate surface area is 118 Å². The normalized spacial score (nSPS) is 13.4. The van der Waals surface area contributed by atoms with Gasteiger partial charge in [0.1, 0.15) is 0 Å². The van der Waals surface area contributed by atoms with Crippen LogP contribution >= 0.6 is 0 Å². The van der Waals surface area contributed by atoms with E-state index in [-0.39, 0.29) is 0 Å². The van der Waals surface area contributed by atoms with Crippen LogP contribution in [0, 0.1) is 0 Å². The Kier molecular flexibility index (Phi) is 2.63. The van der Waals surface area contributed by atoms with Crippen LogP contribution in [0.25, 0.3) is 28.1 Å². The van der Waals surface area contributed by atoms with E-state index in [1.807, 2.05) is 0 Å². The van der Waals surface area contributed by atoms with Crippen LogP contribution in [0.15, 0.2) is 60.7 Å². The number of hydrogen-bond donors (Lipinski definition) is 0. The predicted octanol–water partition coefficient (Wildman–Crippen LogP) is 4.86. The summed E-state index contributed by atoms with van der Waals surface area (Å²) >= 11 is 0. The molecule has 1 heterocycles. The maximum absolute atomic E-state index is 4.82. The van der Waals surface area contributed by atoms with Crippen molar-refractivity contribution in [2.45, 2.75) is 12.8 Å². The summed E-state index contributed by atoms with van der Waals surface area (Å²) in [5, 5.41) is 1.26. The van der Waals surface area contributed by atoms with Crippen LogP contribution in [-0.4, -0.2) is 4.98 Å². The van der Waals surface area contributed by atoms with Gasteiger partial charge in [-0.05, 0) is 41.7 Å². The molecule has 0 unspecified atom stereocenters. The van der Waals surface area contributed by atoms with Gasteiger partial charge in [-0.3, -0.25) is 0 Å². The highest BCUT2D eigenvalue weighted by atomic mass is 14.7. The summed E-state index contributed by atoms with van der Waals surface area (Å²) in [5.41, 5.74) is 6.25. The number of fused-ring (bicyclic) bond motifs is 2. The minimum absolute atomic E-state index is 1.08. The standard InChI is InChI=1S/C19H15N/c1-2-8-14(9-3-1)19-15-10-4-6-12-17(15)20-18-13-7-5-11-16(18)19/h1-4,6-10,12-13H,5,11H2. The van der Waals surface area contributed by atoms with Gasteiger partial charge in [-0.2, -0.15) is 0 Å². The van der Waals surface area contributed by atoms with Gasteiger partial charge in [-0.15, -0.1) is 0 Å². The Bertz CT molecular complexity index is 801. The first-order chi connectivity index (χ1) is 9.93. The molecule has 4 rings (SSSR count). The van der Waals surface area contributed by atoms with Crippen molar-refractivity contribution in [3.8, 4) is 11.1 Å². The topological polar surface area (TPSA) is 12.9 Å². The number of aromatic nitrogens is 1. The Balaban J connectivity index is 2.14. The molecule has 20 heavy (non-hydrogen) atoms. The molecule has 0 atom stereocenters. The minimum Gasteiger partial charge on any atom is -0.248 e. The average Bonchev–Trinajstić information content (AvgIpc) is 2.53. The van der Waals surface area contributed by atoms with Crippen molar-refractivity contribution in [2.75, 3.05) is 0 Å². The van der Waals surface area contributed by atoms with Crippen molar-refractivity contribution in [1.82, 2.24) is 4.98 Å². The Hall–Kier alpha value is -2.41. The van der Waals surface area contributed by atoms with Crippen molar-refractivity contribution in [2.24, 2.45) is 0 Å². The van der Waals surface area contributed by atoms with Gasteiger partial charge in [0.2, 0.25) is 0 Å². The summed E-state index contributed by atoms with van der Waals surface area (Å²) in [5.74, 6) is 0. The van der Waals surface area contributed by atoms with Crippen molar-refractivity contribution in [3.05, 3.63) is 71.9 Å². The SMILES string of the molecule is C1=Cc2nc3ccccc3c(-c3ccccc3)c2CC1. The van der Waals surface area contributed by atoms with Gasteiger partial charge in [0.15, 0.2) is 0 Å². The molecule has 96 valence electrons. The van der Waals surface area contributed by atoms with Gasteiger partial charge in [-0.1, -0.05) is 54.6 Å². The van der Waals surface area contributed by atoms with Crippen molar-refractivity contribution < 1.29 is 0 Å². The van der Waals surface area contributed by atoms with E-state index in [1.165, 1.54) is 22.1 Å². The first-order valence-corrected chi connectivity index (χ1v) is 7.07. The molecule has 0 radical (unpaired) electrons. The number of rotatable bonds is 1. The van der Waals surface area contributed by atoms with E-state index in [4.69, 9.17) is 4.98 Å². The fraction of sp³-hybridized carbons (Fsp3) is 0.105. The third kappa shape index (κ3) is 1.75. The second-order valence-corrected chi connectivity index (χ2v) is 5.17. The first kappa shape index (κ1) is 11.4. The van der Waals surface area contributed by atoms with Gasteiger partial charge < -0.3 is 0 Å². The fourth-order valence-corrected chi connectivity index (χ4v) is 3.02. The second kappa shape index (κ2) is 4.61. The largest absolute Gasteiger partial charge is 0.248 e. The monoisotopic (exact) mass is 257 g/mol. The molecule has 1 aromatic heterocycles. The molecule has 0 spiro atoms. The van der Waals surface area contributed by atoms with Crippen LogP contribution in [0.1, 0.15) is 17.7 Å². The van der Waals surface area contributed by atoms with E-state index in [2.05, 4.69) is 66.7 Å². The molecule has 1 aliphatic rings. The molecular formula is C19H15N. The molecule has 1 nitrogen and oxygen atoms in total. The zero-order valence-corrected chi connectivity index (χ0v) is 11.2. The van der Waals surface area contributed by atoms with Crippen LogP contribution < -0.4 is 0 Å². The van der Waals surface area contributed by atoms with Crippen molar-refractivity contribution >= 4 is 17.0 Å². The number of hydrogen-bond acceptors (Lipinski definition) is 1. The maximum atomic E-state index is 4.82. The Morgan fingerprint density at radius 2 is 1.65 bits per heavy atom. The van der Waals surface area contributed by atoms with Crippen LogP contribution in [0.3, 0.4) is 0 Å². The lowest BCUT2D eigenvalue weighted by atomic mass is 9.89. The zero-order valence-electron chi connectivity index (χ0n) is 11.2. The third-order valence-corrected chi connectivity index (χ3v) is 3.92. The van der Waals surface area contributed by atoms with E-state index < -0.39 is 0 Å². The smallest absolute Gasteiger partial charge is 0.0715 e. The summed E-state index contributed by atoms with van der Waals surface area (Å²) in [4.78, 5) is 4.82. The molecule has 0 N–H and O–H groups in total. The maximum Gasteiger partial charge on any atom is 0.0715 e. The summed E-state index contributed by atoms with van der Waals surface area (Å²) in [6, 6.07) is 19.1. The van der Waals surface area contributed by atoms with Crippen LogP contribution in [0.2, 0.25) is 0 Å². The van der Waals surface area contributed by atoms with E-state index in [9.17, 15) is 0 Å². The van der Waals surface area contributed by atoms with Crippen molar-refractivity contribution in [1.29, 1.82) is 0 Å². The van der Waals surface area contributed by atoms with Crippen LogP contribution in [0.4, 0.5) is 0 Å². The Morgan fingerprint density at radius 1 is 0.850 bits per heavy atom. The molecular weight excluding hydrogens is 242 g/mol. The lowest BCUT2D eigenvalue weighted by Crippen LogP contribution is -2.01. The average molecular weight is 257 g/mol. The van der Waals surface area contributed by atoms with Gasteiger partial charge >= 0.3 is 0 Å². The number of benzene rings is 2. The highest BCUT2D eigenvalue weighted by Gasteiger charge is 2.16. The Morgan fingerprint density at radius 3 is 2.55 bits per heavy atom. The lowest BCUT2D eigenvalue weighted by molar-refractivity contribution is 0.974. The number of allylic oxidation sites excluding steroid dienone is 1. The fourth-order valence-electron chi connectivity index (χ4n) is 3.02. The van der Waals surface area contributed by atoms with Gasteiger partial charge in [0, 0.05) is 5.39 Å². The van der Waals surface area contributed by atoms with Crippen molar-refractivity contribution in [3.63, 3.8) is 0 Å². The van der Waals surface area contributed by atoms with E-state index in [0.717, 1.165) is 24.1 Å². The molecule has 1 aliphatic carbocycles. The highest BCUT2D eigenvalue weighted by Crippen LogP contribution is 2.35. The van der Waals surface area contributed by atoms with E-state index >= 15 is 0 Å². The molecule has 0 fully saturated rings. The van der Waals surface area contributed by atoms with Crippen LogP contribution in [0.5, 0.6) is 0 Å². The molecule has 3 aromatic rings. The van der Waals surface area contributed by atoms with Crippen LogP contribution in [-0.2, 0) is 6.42 Å². The third-order valence-electron chi connectivity index (χ3n) is 3.92. The molecule has 0 bridgehead atoms. The highest BCUT2D eigenvalue weighted by molar-refractivity contribution is 5.97. The summed E-state index contributed by atoms with van der Waals surface area (Å²) in [7, 11) is 0. The molecule has 0 saturated carbocycles. The molecule has 0 aliphatic heterocycles. The molecule has 0 amide bonds. The minimum atomic E-state index is 1.08. The second-order valence-electron chi connectivity index (χ2n) is 5.17. The van der Waals surface area contributed by atoms with Gasteiger partial charge in [0.25, 0.3) is 0 Å². The summed E-state index contributed by atoms with van der Waals surface area (Å²) in [6.07, 6.45) is 6.57. The summed E-state index contributed by atoms with van der Waals surface area (Å²) in [6.45, 7) is 0. The molecule has 0 saturated heterocycles. The van der Waals surface area contributed by atoms with E-state index in [1.54, 1.807) is 0 Å². The number of nitrogens with zero attached hydrogens (tertiary/aromatic N) is 1. The quantitative estimate of drug-likeness (QED) is 0.606. The molecule has 2 aromatic carbocycles. The predicted molar refractivity (Wildman–Crippen MR) is 84.5 cm³/mol. The number of para-hydroxylation sites is 1. The van der Waals surface area contributed by atoms with Gasteiger partial charge in [0.05, 0.1) is 11.2 Å². The lowest BCUT2D eigenvalue weighted by Gasteiger charge is -2.18.